The number of rotatable bonds is 5. The summed E-state index contributed by atoms with van der Waals surface area (Å²) in [6.45, 7) is 2.11. The lowest BCUT2D eigenvalue weighted by Crippen LogP contribution is -1.95. The van der Waals surface area contributed by atoms with Gasteiger partial charge in [0.15, 0.2) is 0 Å². The Morgan fingerprint density at radius 2 is 1.64 bits per heavy atom. The van der Waals surface area contributed by atoms with E-state index in [1.54, 1.807) is 0 Å². The molecule has 0 atom stereocenters. The van der Waals surface area contributed by atoms with Crippen molar-refractivity contribution in [3.63, 3.8) is 0 Å². The van der Waals surface area contributed by atoms with Gasteiger partial charge in [-0.05, 0) is 25.0 Å². The minimum absolute atomic E-state index is 0.239. The van der Waals surface area contributed by atoms with Crippen LogP contribution >= 0.6 is 0 Å². The average Bonchev–Trinajstić information content (AvgIpc) is 2.16. The number of hydrogen-bond acceptors (Lipinski definition) is 0. The fourth-order valence-corrected chi connectivity index (χ4v) is 1.50. The van der Waals surface area contributed by atoms with Crippen LogP contribution in [0.3, 0.4) is 0 Å². The van der Waals surface area contributed by atoms with E-state index in [0.29, 0.717) is 6.42 Å². The van der Waals surface area contributed by atoms with Crippen LogP contribution in [0.2, 0.25) is 0 Å². The molecule has 0 N–H and O–H groups in total. The van der Waals surface area contributed by atoms with E-state index in [-0.39, 0.29) is 5.56 Å². The lowest BCUT2D eigenvalue weighted by atomic mass is 10.1. The summed E-state index contributed by atoms with van der Waals surface area (Å²) in [6.07, 6.45) is 4.70. The molecule has 78 valence electrons. The Labute approximate surface area is 84.0 Å². The third-order valence-corrected chi connectivity index (χ3v) is 2.34. The summed E-state index contributed by atoms with van der Waals surface area (Å²) >= 11 is 0. The van der Waals surface area contributed by atoms with E-state index < -0.39 is 11.6 Å². The van der Waals surface area contributed by atoms with Crippen LogP contribution < -0.4 is 0 Å². The Hall–Kier alpha value is -0.920. The molecule has 0 amide bonds. The molecule has 1 aromatic rings. The van der Waals surface area contributed by atoms with E-state index in [0.717, 1.165) is 25.7 Å². The first kappa shape index (κ1) is 11.2. The number of benzene rings is 1. The van der Waals surface area contributed by atoms with Gasteiger partial charge in [-0.1, -0.05) is 32.3 Å². The van der Waals surface area contributed by atoms with Crippen LogP contribution in [-0.4, -0.2) is 0 Å². The van der Waals surface area contributed by atoms with Crippen molar-refractivity contribution < 1.29 is 8.78 Å². The molecular weight excluding hydrogens is 182 g/mol. The van der Waals surface area contributed by atoms with Crippen LogP contribution in [-0.2, 0) is 6.42 Å². The zero-order valence-electron chi connectivity index (χ0n) is 8.52. The number of unbranched alkanes of at least 4 members (excludes halogenated alkanes) is 3. The van der Waals surface area contributed by atoms with Gasteiger partial charge in [-0.3, -0.25) is 0 Å². The van der Waals surface area contributed by atoms with Crippen molar-refractivity contribution in [3.8, 4) is 0 Å². The van der Waals surface area contributed by atoms with Crippen molar-refractivity contribution in [2.75, 3.05) is 0 Å². The van der Waals surface area contributed by atoms with E-state index in [1.165, 1.54) is 18.2 Å². The highest BCUT2D eigenvalue weighted by atomic mass is 19.1. The molecule has 0 unspecified atom stereocenters. The highest BCUT2D eigenvalue weighted by Crippen LogP contribution is 2.15. The highest BCUT2D eigenvalue weighted by Gasteiger charge is 2.06. The second-order valence-electron chi connectivity index (χ2n) is 3.51. The predicted molar refractivity (Wildman–Crippen MR) is 54.2 cm³/mol. The summed E-state index contributed by atoms with van der Waals surface area (Å²) in [5.41, 5.74) is 0.239. The monoisotopic (exact) mass is 198 g/mol. The maximum Gasteiger partial charge on any atom is 0.129 e. The summed E-state index contributed by atoms with van der Waals surface area (Å²) < 4.78 is 26.2. The van der Waals surface area contributed by atoms with Gasteiger partial charge in [-0.2, -0.15) is 0 Å². The zero-order valence-corrected chi connectivity index (χ0v) is 8.52. The van der Waals surface area contributed by atoms with Crippen molar-refractivity contribution in [1.29, 1.82) is 0 Å². The third-order valence-electron chi connectivity index (χ3n) is 2.34. The minimum atomic E-state index is -0.415. The molecule has 0 heterocycles. The number of hydrogen-bond donors (Lipinski definition) is 0. The molecule has 0 aliphatic heterocycles. The van der Waals surface area contributed by atoms with Gasteiger partial charge in [0, 0.05) is 5.56 Å². The van der Waals surface area contributed by atoms with E-state index in [2.05, 4.69) is 6.92 Å². The van der Waals surface area contributed by atoms with E-state index in [9.17, 15) is 8.78 Å². The topological polar surface area (TPSA) is 0 Å². The maximum absolute atomic E-state index is 13.1. The van der Waals surface area contributed by atoms with Crippen molar-refractivity contribution in [3.05, 3.63) is 35.4 Å². The Kier molecular flexibility index (Phi) is 4.57. The first-order chi connectivity index (χ1) is 6.75. The van der Waals surface area contributed by atoms with E-state index in [1.807, 2.05) is 0 Å². The van der Waals surface area contributed by atoms with Gasteiger partial charge < -0.3 is 0 Å². The second-order valence-corrected chi connectivity index (χ2v) is 3.51. The first-order valence-corrected chi connectivity index (χ1v) is 5.18. The van der Waals surface area contributed by atoms with Gasteiger partial charge >= 0.3 is 0 Å². The van der Waals surface area contributed by atoms with Gasteiger partial charge in [0.2, 0.25) is 0 Å². The molecule has 2 heteroatoms. The summed E-state index contributed by atoms with van der Waals surface area (Å²) in [4.78, 5) is 0. The Balaban J connectivity index is 2.49. The normalized spacial score (nSPS) is 10.5. The lowest BCUT2D eigenvalue weighted by molar-refractivity contribution is 0.543. The number of halogens is 2. The van der Waals surface area contributed by atoms with Gasteiger partial charge in [0.05, 0.1) is 0 Å². The van der Waals surface area contributed by atoms with Crippen molar-refractivity contribution >= 4 is 0 Å². The van der Waals surface area contributed by atoms with Gasteiger partial charge in [0.1, 0.15) is 11.6 Å². The van der Waals surface area contributed by atoms with Crippen molar-refractivity contribution in [1.82, 2.24) is 0 Å². The second kappa shape index (κ2) is 5.74. The Morgan fingerprint density at radius 3 is 2.21 bits per heavy atom. The van der Waals surface area contributed by atoms with Crippen LogP contribution in [0, 0.1) is 11.6 Å². The molecular formula is C12H16F2. The van der Waals surface area contributed by atoms with Crippen LogP contribution in [0.1, 0.15) is 38.2 Å². The molecule has 0 aliphatic rings. The first-order valence-electron chi connectivity index (χ1n) is 5.18. The standard InChI is InChI=1S/C12H16F2/c1-2-3-4-5-7-10-11(13)8-6-9-12(10)14/h6,8-9H,2-5,7H2,1H3. The van der Waals surface area contributed by atoms with Crippen LogP contribution in [0.25, 0.3) is 0 Å². The molecule has 0 nitrogen and oxygen atoms in total. The molecule has 0 aromatic heterocycles. The fourth-order valence-electron chi connectivity index (χ4n) is 1.50. The Morgan fingerprint density at radius 1 is 1.00 bits per heavy atom. The summed E-state index contributed by atoms with van der Waals surface area (Å²) in [5.74, 6) is -0.831. The fraction of sp³-hybridized carbons (Fsp3) is 0.500. The molecule has 0 saturated carbocycles. The molecule has 0 saturated heterocycles. The van der Waals surface area contributed by atoms with E-state index in [4.69, 9.17) is 0 Å². The quantitative estimate of drug-likeness (QED) is 0.625. The van der Waals surface area contributed by atoms with Crippen molar-refractivity contribution in [2.24, 2.45) is 0 Å². The van der Waals surface area contributed by atoms with Gasteiger partial charge in [-0.15, -0.1) is 0 Å². The summed E-state index contributed by atoms with van der Waals surface area (Å²) in [5, 5.41) is 0. The minimum Gasteiger partial charge on any atom is -0.207 e. The molecule has 0 fully saturated rings. The smallest absolute Gasteiger partial charge is 0.129 e. The zero-order chi connectivity index (χ0) is 10.4. The molecule has 0 spiro atoms. The van der Waals surface area contributed by atoms with Gasteiger partial charge in [0.25, 0.3) is 0 Å². The third kappa shape index (κ3) is 3.09. The van der Waals surface area contributed by atoms with Crippen LogP contribution in [0.4, 0.5) is 8.78 Å². The summed E-state index contributed by atoms with van der Waals surface area (Å²) in [6, 6.07) is 4.04. The lowest BCUT2D eigenvalue weighted by Gasteiger charge is -2.03. The SMILES string of the molecule is CCCCCCc1c(F)cccc1F. The predicted octanol–water partition coefficient (Wildman–Crippen LogP) is 4.09. The van der Waals surface area contributed by atoms with E-state index >= 15 is 0 Å². The largest absolute Gasteiger partial charge is 0.207 e. The molecule has 0 bridgehead atoms. The van der Waals surface area contributed by atoms with Gasteiger partial charge in [-0.25, -0.2) is 8.78 Å². The molecule has 0 radical (unpaired) electrons. The van der Waals surface area contributed by atoms with Crippen molar-refractivity contribution in [2.45, 2.75) is 39.0 Å². The molecule has 1 rings (SSSR count). The maximum atomic E-state index is 13.1. The molecule has 14 heavy (non-hydrogen) atoms. The average molecular weight is 198 g/mol. The van der Waals surface area contributed by atoms with Crippen LogP contribution in [0.15, 0.2) is 18.2 Å². The summed E-state index contributed by atoms with van der Waals surface area (Å²) in [7, 11) is 0. The molecule has 0 aliphatic carbocycles. The molecule has 1 aromatic carbocycles. The van der Waals surface area contributed by atoms with Crippen LogP contribution in [0.5, 0.6) is 0 Å². The Bertz CT molecular complexity index is 261. The highest BCUT2D eigenvalue weighted by molar-refractivity contribution is 5.19.